The van der Waals surface area contributed by atoms with E-state index < -0.39 is 0 Å². The molecule has 0 heterocycles. The zero-order valence-electron chi connectivity index (χ0n) is 9.21. The van der Waals surface area contributed by atoms with Crippen LogP contribution in [-0.2, 0) is 0 Å². The lowest BCUT2D eigenvalue weighted by Crippen LogP contribution is -2.02. The van der Waals surface area contributed by atoms with Crippen LogP contribution in [-0.4, -0.2) is 5.78 Å². The maximum atomic E-state index is 13.2. The average molecular weight is 293 g/mol. The number of halogens is 2. The van der Waals surface area contributed by atoms with Crippen molar-refractivity contribution in [1.82, 2.24) is 0 Å². The van der Waals surface area contributed by atoms with Gasteiger partial charge in [-0.15, -0.1) is 0 Å². The van der Waals surface area contributed by atoms with Gasteiger partial charge in [-0.2, -0.15) is 0 Å². The second-order valence-electron chi connectivity index (χ2n) is 3.86. The van der Waals surface area contributed by atoms with E-state index in [9.17, 15) is 9.18 Å². The molecule has 0 aliphatic carbocycles. The first-order chi connectivity index (χ1) is 8.06. The Kier molecular flexibility index (Phi) is 3.38. The number of hydrogen-bond donors (Lipinski definition) is 0. The van der Waals surface area contributed by atoms with Gasteiger partial charge in [0.05, 0.1) is 0 Å². The molecule has 0 unspecified atom stereocenters. The van der Waals surface area contributed by atoms with Crippen LogP contribution < -0.4 is 0 Å². The van der Waals surface area contributed by atoms with Crippen LogP contribution in [0.2, 0.25) is 0 Å². The molecule has 2 aromatic rings. The molecule has 17 heavy (non-hydrogen) atoms. The van der Waals surface area contributed by atoms with Crippen LogP contribution in [0.4, 0.5) is 4.39 Å². The lowest BCUT2D eigenvalue weighted by molar-refractivity contribution is 0.103. The van der Waals surface area contributed by atoms with Gasteiger partial charge in [0.2, 0.25) is 0 Å². The van der Waals surface area contributed by atoms with E-state index in [1.165, 1.54) is 12.1 Å². The topological polar surface area (TPSA) is 17.1 Å². The monoisotopic (exact) mass is 292 g/mol. The van der Waals surface area contributed by atoms with Crippen LogP contribution in [0, 0.1) is 12.7 Å². The Labute approximate surface area is 107 Å². The van der Waals surface area contributed by atoms with Crippen LogP contribution >= 0.6 is 15.9 Å². The highest BCUT2D eigenvalue weighted by Crippen LogP contribution is 2.17. The van der Waals surface area contributed by atoms with Gasteiger partial charge in [0, 0.05) is 15.6 Å². The maximum Gasteiger partial charge on any atom is 0.193 e. The highest BCUT2D eigenvalue weighted by atomic mass is 79.9. The largest absolute Gasteiger partial charge is 0.289 e. The summed E-state index contributed by atoms with van der Waals surface area (Å²) in [6, 6.07) is 11.4. The lowest BCUT2D eigenvalue weighted by atomic mass is 10.0. The Hall–Kier alpha value is -1.48. The van der Waals surface area contributed by atoms with Crippen molar-refractivity contribution in [3.63, 3.8) is 0 Å². The molecule has 0 amide bonds. The summed E-state index contributed by atoms with van der Waals surface area (Å²) < 4.78 is 14.1. The molecule has 0 atom stereocenters. The zero-order chi connectivity index (χ0) is 12.4. The fourth-order valence-electron chi connectivity index (χ4n) is 1.66. The van der Waals surface area contributed by atoms with Crippen LogP contribution in [0.3, 0.4) is 0 Å². The fourth-order valence-corrected chi connectivity index (χ4v) is 2.06. The first kappa shape index (κ1) is 12.0. The van der Waals surface area contributed by atoms with E-state index in [1.807, 2.05) is 6.07 Å². The average Bonchev–Trinajstić information content (AvgIpc) is 2.26. The van der Waals surface area contributed by atoms with Crippen molar-refractivity contribution in [3.8, 4) is 0 Å². The van der Waals surface area contributed by atoms with E-state index in [2.05, 4.69) is 15.9 Å². The molecule has 1 nitrogen and oxygen atoms in total. The third-order valence-electron chi connectivity index (χ3n) is 2.39. The molecule has 0 aromatic heterocycles. The highest BCUT2D eigenvalue weighted by Gasteiger charge is 2.10. The second-order valence-corrected chi connectivity index (χ2v) is 4.77. The Morgan fingerprint density at radius 2 is 1.88 bits per heavy atom. The van der Waals surface area contributed by atoms with Crippen LogP contribution in [0.25, 0.3) is 0 Å². The predicted molar refractivity (Wildman–Crippen MR) is 68.7 cm³/mol. The molecule has 0 bridgehead atoms. The summed E-state index contributed by atoms with van der Waals surface area (Å²) in [7, 11) is 0. The Morgan fingerprint density at radius 1 is 1.12 bits per heavy atom. The molecule has 0 fully saturated rings. The molecule has 0 saturated heterocycles. The van der Waals surface area contributed by atoms with Gasteiger partial charge in [-0.25, -0.2) is 4.39 Å². The summed E-state index contributed by atoms with van der Waals surface area (Å²) in [6.45, 7) is 1.76. The predicted octanol–water partition coefficient (Wildman–Crippen LogP) is 4.13. The molecule has 0 spiro atoms. The second kappa shape index (κ2) is 4.80. The number of carbonyl (C=O) groups excluding carboxylic acids is 1. The Bertz CT molecular complexity index is 558. The van der Waals surface area contributed by atoms with Gasteiger partial charge in [-0.3, -0.25) is 4.79 Å². The summed E-state index contributed by atoms with van der Waals surface area (Å²) in [6.07, 6.45) is 0. The molecule has 0 aliphatic rings. The van der Waals surface area contributed by atoms with Gasteiger partial charge in [-0.1, -0.05) is 28.1 Å². The molecule has 2 rings (SSSR count). The van der Waals surface area contributed by atoms with E-state index >= 15 is 0 Å². The first-order valence-electron chi connectivity index (χ1n) is 5.14. The molecule has 3 heteroatoms. The maximum absolute atomic E-state index is 13.2. The standard InChI is InChI=1S/C14H10BrFO/c1-9-5-11(8-13(16)6-9)14(17)10-3-2-4-12(15)7-10/h2-8H,1H3. The minimum absolute atomic E-state index is 0.172. The number of aryl methyl sites for hydroxylation is 1. The van der Waals surface area contributed by atoms with Crippen molar-refractivity contribution in [2.45, 2.75) is 6.92 Å². The third-order valence-corrected chi connectivity index (χ3v) is 2.88. The van der Waals surface area contributed by atoms with Crippen LogP contribution in [0.1, 0.15) is 21.5 Å². The number of benzene rings is 2. The zero-order valence-corrected chi connectivity index (χ0v) is 10.8. The number of carbonyl (C=O) groups is 1. The Balaban J connectivity index is 2.43. The normalized spacial score (nSPS) is 10.3. The summed E-state index contributed by atoms with van der Waals surface area (Å²) in [5.41, 5.74) is 1.66. The highest BCUT2D eigenvalue weighted by molar-refractivity contribution is 9.10. The van der Waals surface area contributed by atoms with Crippen molar-refractivity contribution >= 4 is 21.7 Å². The van der Waals surface area contributed by atoms with E-state index in [1.54, 1.807) is 31.2 Å². The Morgan fingerprint density at radius 3 is 2.53 bits per heavy atom. The van der Waals surface area contributed by atoms with Gasteiger partial charge in [0.1, 0.15) is 5.82 Å². The molecular weight excluding hydrogens is 283 g/mol. The summed E-state index contributed by atoms with van der Waals surface area (Å²) in [5.74, 6) is -0.558. The minimum atomic E-state index is -0.386. The van der Waals surface area contributed by atoms with Gasteiger partial charge in [0.25, 0.3) is 0 Å². The molecule has 0 radical (unpaired) electrons. The smallest absolute Gasteiger partial charge is 0.193 e. The molecule has 86 valence electrons. The number of hydrogen-bond acceptors (Lipinski definition) is 1. The number of ketones is 1. The van der Waals surface area contributed by atoms with Gasteiger partial charge >= 0.3 is 0 Å². The fraction of sp³-hybridized carbons (Fsp3) is 0.0714. The minimum Gasteiger partial charge on any atom is -0.289 e. The van der Waals surface area contributed by atoms with Crippen molar-refractivity contribution in [2.24, 2.45) is 0 Å². The van der Waals surface area contributed by atoms with Crippen molar-refractivity contribution < 1.29 is 9.18 Å². The molecule has 0 aliphatic heterocycles. The van der Waals surface area contributed by atoms with Crippen LogP contribution in [0.5, 0.6) is 0 Å². The van der Waals surface area contributed by atoms with Gasteiger partial charge in [0.15, 0.2) is 5.78 Å². The summed E-state index contributed by atoms with van der Waals surface area (Å²) in [5, 5.41) is 0. The third kappa shape index (κ3) is 2.80. The molecular formula is C14H10BrFO. The molecule has 0 saturated carbocycles. The van der Waals surface area contributed by atoms with E-state index in [-0.39, 0.29) is 11.6 Å². The first-order valence-corrected chi connectivity index (χ1v) is 5.93. The molecule has 2 aromatic carbocycles. The van der Waals surface area contributed by atoms with Crippen LogP contribution in [0.15, 0.2) is 46.9 Å². The quantitative estimate of drug-likeness (QED) is 0.761. The van der Waals surface area contributed by atoms with Crippen molar-refractivity contribution in [3.05, 3.63) is 69.4 Å². The SMILES string of the molecule is Cc1cc(F)cc(C(=O)c2cccc(Br)c2)c1. The molecule has 0 N–H and O–H groups in total. The summed E-state index contributed by atoms with van der Waals surface area (Å²) in [4.78, 5) is 12.1. The van der Waals surface area contributed by atoms with Gasteiger partial charge in [-0.05, 0) is 42.8 Å². The van der Waals surface area contributed by atoms with Gasteiger partial charge < -0.3 is 0 Å². The lowest BCUT2D eigenvalue weighted by Gasteiger charge is -2.03. The van der Waals surface area contributed by atoms with Crippen molar-refractivity contribution in [1.29, 1.82) is 0 Å². The van der Waals surface area contributed by atoms with E-state index in [0.29, 0.717) is 11.1 Å². The van der Waals surface area contributed by atoms with E-state index in [4.69, 9.17) is 0 Å². The number of rotatable bonds is 2. The van der Waals surface area contributed by atoms with Crippen molar-refractivity contribution in [2.75, 3.05) is 0 Å². The summed E-state index contributed by atoms with van der Waals surface area (Å²) >= 11 is 3.31. The van der Waals surface area contributed by atoms with E-state index in [0.717, 1.165) is 10.0 Å².